The number of carbonyl (C=O) groups is 1. The van der Waals surface area contributed by atoms with Crippen LogP contribution in [0, 0.1) is 0 Å². The van der Waals surface area contributed by atoms with Gasteiger partial charge in [-0.15, -0.1) is 12.4 Å². The van der Waals surface area contributed by atoms with Gasteiger partial charge in [-0.1, -0.05) is 12.1 Å². The molecule has 1 fully saturated rings. The molecule has 0 aliphatic carbocycles. The fourth-order valence-corrected chi connectivity index (χ4v) is 3.27. The molecule has 1 heterocycles. The SMILES string of the molecule is C[C@H](C(=O)NCCCN1CCCC1)c1ccc(OS(=O)(=O)C(F)(F)F)cc1.Cl. The number of nitrogens with one attached hydrogen (secondary N) is 1. The summed E-state index contributed by atoms with van der Waals surface area (Å²) in [5.41, 5.74) is -4.95. The Hall–Kier alpha value is -1.52. The van der Waals surface area contributed by atoms with Gasteiger partial charge in [-0.05, 0) is 63.5 Å². The van der Waals surface area contributed by atoms with Crippen molar-refractivity contribution < 1.29 is 30.6 Å². The van der Waals surface area contributed by atoms with Crippen molar-refractivity contribution in [3.8, 4) is 5.75 Å². The second-order valence-corrected chi connectivity index (χ2v) is 8.01. The first-order valence-corrected chi connectivity index (χ1v) is 10.1. The van der Waals surface area contributed by atoms with Gasteiger partial charge in [0.15, 0.2) is 0 Å². The summed E-state index contributed by atoms with van der Waals surface area (Å²) in [6, 6.07) is 4.93. The van der Waals surface area contributed by atoms with E-state index < -0.39 is 27.3 Å². The molecule has 1 aromatic carbocycles. The third-order valence-electron chi connectivity index (χ3n) is 4.41. The Kier molecular flexibility index (Phi) is 9.03. The van der Waals surface area contributed by atoms with Crippen LogP contribution in [0.15, 0.2) is 24.3 Å². The van der Waals surface area contributed by atoms with E-state index in [1.807, 2.05) is 0 Å². The molecule has 6 nitrogen and oxygen atoms in total. The molecule has 11 heteroatoms. The van der Waals surface area contributed by atoms with Gasteiger partial charge in [-0.3, -0.25) is 4.79 Å². The largest absolute Gasteiger partial charge is 0.534 e. The molecule has 2 rings (SSSR count). The summed E-state index contributed by atoms with van der Waals surface area (Å²) in [5, 5.41) is 2.84. The van der Waals surface area contributed by atoms with E-state index in [0.29, 0.717) is 12.1 Å². The average molecular weight is 445 g/mol. The maximum atomic E-state index is 12.3. The van der Waals surface area contributed by atoms with Crippen molar-refractivity contribution >= 4 is 28.4 Å². The Labute approximate surface area is 169 Å². The lowest BCUT2D eigenvalue weighted by Crippen LogP contribution is -2.31. The second kappa shape index (κ2) is 10.3. The molecule has 1 saturated heterocycles. The van der Waals surface area contributed by atoms with Gasteiger partial charge in [0, 0.05) is 6.54 Å². The first-order valence-electron chi connectivity index (χ1n) is 8.71. The van der Waals surface area contributed by atoms with Crippen molar-refractivity contribution in [2.75, 3.05) is 26.2 Å². The maximum Gasteiger partial charge on any atom is 0.534 e. The summed E-state index contributed by atoms with van der Waals surface area (Å²) in [4.78, 5) is 14.5. The van der Waals surface area contributed by atoms with Crippen molar-refractivity contribution in [1.29, 1.82) is 0 Å². The molecule has 1 aromatic rings. The standard InChI is InChI=1S/C17H23F3N2O4S.ClH/c1-13(16(23)21-9-4-12-22-10-2-3-11-22)14-5-7-15(8-6-14)26-27(24,25)17(18,19)20;/h5-8,13H,2-4,9-12H2,1H3,(H,21,23);1H/t13-;/m0./s1. The van der Waals surface area contributed by atoms with Crippen LogP contribution < -0.4 is 9.50 Å². The van der Waals surface area contributed by atoms with Crippen LogP contribution >= 0.6 is 12.4 Å². The number of rotatable bonds is 8. The number of amides is 1. The minimum absolute atomic E-state index is 0. The topological polar surface area (TPSA) is 75.7 Å². The van der Waals surface area contributed by atoms with Crippen LogP contribution in [-0.2, 0) is 14.9 Å². The molecular formula is C17H24ClF3N2O4S. The second-order valence-electron chi connectivity index (χ2n) is 6.47. The van der Waals surface area contributed by atoms with Gasteiger partial charge < -0.3 is 14.4 Å². The smallest absolute Gasteiger partial charge is 0.376 e. The minimum atomic E-state index is -5.71. The van der Waals surface area contributed by atoms with Crippen LogP contribution in [0.2, 0.25) is 0 Å². The number of hydrogen-bond donors (Lipinski definition) is 1. The van der Waals surface area contributed by atoms with Crippen LogP contribution in [0.25, 0.3) is 0 Å². The van der Waals surface area contributed by atoms with Gasteiger partial charge >= 0.3 is 15.6 Å². The number of alkyl halides is 3. The van der Waals surface area contributed by atoms with E-state index in [1.165, 1.54) is 25.0 Å². The Morgan fingerprint density at radius 1 is 1.21 bits per heavy atom. The van der Waals surface area contributed by atoms with E-state index in [1.54, 1.807) is 6.92 Å². The van der Waals surface area contributed by atoms with E-state index >= 15 is 0 Å². The molecule has 28 heavy (non-hydrogen) atoms. The van der Waals surface area contributed by atoms with Crippen LogP contribution in [0.1, 0.15) is 37.7 Å². The number of carbonyl (C=O) groups excluding carboxylic acids is 1. The summed E-state index contributed by atoms with van der Waals surface area (Å²) >= 11 is 0. The molecule has 1 aliphatic heterocycles. The molecule has 1 amide bonds. The van der Waals surface area contributed by atoms with Gasteiger partial charge in [0.05, 0.1) is 5.92 Å². The number of benzene rings is 1. The van der Waals surface area contributed by atoms with Crippen molar-refractivity contribution in [2.45, 2.75) is 37.6 Å². The van der Waals surface area contributed by atoms with Crippen molar-refractivity contribution in [1.82, 2.24) is 10.2 Å². The average Bonchev–Trinajstić information content (AvgIpc) is 3.10. The lowest BCUT2D eigenvalue weighted by atomic mass is 10.0. The van der Waals surface area contributed by atoms with Crippen molar-refractivity contribution in [2.24, 2.45) is 0 Å². The highest BCUT2D eigenvalue weighted by molar-refractivity contribution is 7.88. The number of nitrogens with zero attached hydrogens (tertiary/aromatic N) is 1. The summed E-state index contributed by atoms with van der Waals surface area (Å²) in [6.07, 6.45) is 3.28. The molecular weight excluding hydrogens is 421 g/mol. The highest BCUT2D eigenvalue weighted by atomic mass is 35.5. The molecule has 1 aliphatic rings. The normalized spacial score (nSPS) is 16.3. The fourth-order valence-electron chi connectivity index (χ4n) is 2.81. The Bertz CT molecular complexity index is 736. The van der Waals surface area contributed by atoms with Gasteiger partial charge in [-0.2, -0.15) is 21.6 Å². The Morgan fingerprint density at radius 2 is 1.79 bits per heavy atom. The number of hydrogen-bond acceptors (Lipinski definition) is 5. The quantitative estimate of drug-likeness (QED) is 0.379. The molecule has 0 spiro atoms. The predicted molar refractivity (Wildman–Crippen MR) is 101 cm³/mol. The molecule has 0 bridgehead atoms. The van der Waals surface area contributed by atoms with Gasteiger partial charge in [-0.25, -0.2) is 0 Å². The highest BCUT2D eigenvalue weighted by Gasteiger charge is 2.48. The van der Waals surface area contributed by atoms with Crippen molar-refractivity contribution in [3.63, 3.8) is 0 Å². The highest BCUT2D eigenvalue weighted by Crippen LogP contribution is 2.27. The number of halogens is 4. The van der Waals surface area contributed by atoms with E-state index in [0.717, 1.165) is 38.2 Å². The first-order chi connectivity index (χ1) is 12.6. The number of likely N-dealkylation sites (tertiary alicyclic amines) is 1. The van der Waals surface area contributed by atoms with Crippen LogP contribution in [0.5, 0.6) is 5.75 Å². The zero-order chi connectivity index (χ0) is 20.1. The lowest BCUT2D eigenvalue weighted by molar-refractivity contribution is -0.122. The lowest BCUT2D eigenvalue weighted by Gasteiger charge is -2.16. The Balaban J connectivity index is 0.00000392. The summed E-state index contributed by atoms with van der Waals surface area (Å²) in [6.45, 7) is 5.35. The molecule has 0 radical (unpaired) electrons. The van der Waals surface area contributed by atoms with E-state index in [-0.39, 0.29) is 18.3 Å². The van der Waals surface area contributed by atoms with Crippen LogP contribution in [0.4, 0.5) is 13.2 Å². The maximum absolute atomic E-state index is 12.3. The summed E-state index contributed by atoms with van der Waals surface area (Å²) in [5.74, 6) is -1.19. The van der Waals surface area contributed by atoms with Crippen LogP contribution in [0.3, 0.4) is 0 Å². The predicted octanol–water partition coefficient (Wildman–Crippen LogP) is 3.04. The molecule has 0 aromatic heterocycles. The third-order valence-corrected chi connectivity index (χ3v) is 5.39. The minimum Gasteiger partial charge on any atom is -0.376 e. The fraction of sp³-hybridized carbons (Fsp3) is 0.588. The Morgan fingerprint density at radius 3 is 2.32 bits per heavy atom. The van der Waals surface area contributed by atoms with Crippen molar-refractivity contribution in [3.05, 3.63) is 29.8 Å². The van der Waals surface area contributed by atoms with Gasteiger partial charge in [0.1, 0.15) is 5.75 Å². The molecule has 0 unspecified atom stereocenters. The van der Waals surface area contributed by atoms with E-state index in [9.17, 15) is 26.4 Å². The summed E-state index contributed by atoms with van der Waals surface area (Å²) in [7, 11) is -5.71. The zero-order valence-corrected chi connectivity index (χ0v) is 17.0. The van der Waals surface area contributed by atoms with Gasteiger partial charge in [0.25, 0.3) is 0 Å². The molecule has 1 N–H and O–H groups in total. The van der Waals surface area contributed by atoms with Gasteiger partial charge in [0.2, 0.25) is 5.91 Å². The molecule has 1 atom stereocenters. The molecule has 160 valence electrons. The zero-order valence-electron chi connectivity index (χ0n) is 15.4. The van der Waals surface area contributed by atoms with E-state index in [4.69, 9.17) is 0 Å². The first kappa shape index (κ1) is 24.5. The summed E-state index contributed by atoms with van der Waals surface area (Å²) < 4.78 is 62.9. The third kappa shape index (κ3) is 6.82. The van der Waals surface area contributed by atoms with Crippen LogP contribution in [-0.4, -0.2) is 50.9 Å². The molecule has 0 saturated carbocycles. The van der Waals surface area contributed by atoms with E-state index in [2.05, 4.69) is 14.4 Å². The monoisotopic (exact) mass is 444 g/mol.